The van der Waals surface area contributed by atoms with Crippen LogP contribution in [0, 0.1) is 10.1 Å². The van der Waals surface area contributed by atoms with Gasteiger partial charge in [-0.1, -0.05) is 30.3 Å². The normalized spacial score (nSPS) is 14.5. The van der Waals surface area contributed by atoms with E-state index in [0.717, 1.165) is 12.1 Å². The van der Waals surface area contributed by atoms with E-state index in [1.54, 1.807) is 30.3 Å². The fourth-order valence-corrected chi connectivity index (χ4v) is 3.97. The molecule has 0 radical (unpaired) electrons. The molecule has 2 aromatic carbocycles. The second kappa shape index (κ2) is 10.1. The number of rotatable bonds is 6. The van der Waals surface area contributed by atoms with Crippen molar-refractivity contribution in [2.75, 3.05) is 36.4 Å². The summed E-state index contributed by atoms with van der Waals surface area (Å²) >= 11 is 0. The molecule has 2 heterocycles. The Kier molecular flexibility index (Phi) is 6.97. The molecule has 0 unspecified atom stereocenters. The molecule has 0 aliphatic carbocycles. The Morgan fingerprint density at radius 1 is 1.00 bits per heavy atom. The van der Waals surface area contributed by atoms with E-state index in [0.29, 0.717) is 44.1 Å². The highest BCUT2D eigenvalue weighted by Crippen LogP contribution is 2.32. The molecule has 4 rings (SSSR count). The minimum atomic E-state index is -4.64. The van der Waals surface area contributed by atoms with Gasteiger partial charge in [0.25, 0.3) is 11.6 Å². The molecule has 0 saturated carbocycles. The first kappa shape index (κ1) is 24.1. The molecular weight excluding hydrogens is 463 g/mol. The smallest absolute Gasteiger partial charge is 0.354 e. The van der Waals surface area contributed by atoms with Crippen LogP contribution in [0.2, 0.25) is 0 Å². The number of hydrogen-bond donors (Lipinski definition) is 1. The van der Waals surface area contributed by atoms with E-state index in [1.165, 1.54) is 24.4 Å². The summed E-state index contributed by atoms with van der Waals surface area (Å²) in [6.45, 7) is 3.14. The number of carbonyl (C=O) groups excluding carboxylic acids is 1. The molecule has 1 saturated heterocycles. The van der Waals surface area contributed by atoms with Gasteiger partial charge in [-0.25, -0.2) is 4.98 Å². The van der Waals surface area contributed by atoms with Crippen LogP contribution in [-0.2, 0) is 12.7 Å². The lowest BCUT2D eigenvalue weighted by molar-refractivity contribution is -0.385. The van der Waals surface area contributed by atoms with Gasteiger partial charge >= 0.3 is 6.18 Å². The van der Waals surface area contributed by atoms with Crippen LogP contribution < -0.4 is 10.2 Å². The Hall–Kier alpha value is -3.99. The first-order valence-corrected chi connectivity index (χ1v) is 10.9. The molecule has 0 spiro atoms. The van der Waals surface area contributed by atoms with E-state index in [4.69, 9.17) is 0 Å². The first-order valence-electron chi connectivity index (χ1n) is 10.9. The van der Waals surface area contributed by atoms with Crippen molar-refractivity contribution in [3.05, 3.63) is 93.7 Å². The molecule has 1 amide bonds. The van der Waals surface area contributed by atoms with Crippen molar-refractivity contribution in [1.29, 1.82) is 0 Å². The zero-order valence-corrected chi connectivity index (χ0v) is 18.5. The molecule has 11 heteroatoms. The van der Waals surface area contributed by atoms with Crippen LogP contribution >= 0.6 is 0 Å². The summed E-state index contributed by atoms with van der Waals surface area (Å²) in [7, 11) is 0. The fourth-order valence-electron chi connectivity index (χ4n) is 3.97. The molecule has 1 aromatic heterocycles. The quantitative estimate of drug-likeness (QED) is 0.406. The number of nitro benzene ring substituents is 1. The monoisotopic (exact) mass is 485 g/mol. The Morgan fingerprint density at radius 3 is 2.34 bits per heavy atom. The van der Waals surface area contributed by atoms with Gasteiger partial charge in [0.05, 0.1) is 27.9 Å². The van der Waals surface area contributed by atoms with Crippen LogP contribution in [0.1, 0.15) is 21.5 Å². The van der Waals surface area contributed by atoms with Crippen LogP contribution in [0.3, 0.4) is 0 Å². The number of piperazine rings is 1. The number of pyridine rings is 1. The summed E-state index contributed by atoms with van der Waals surface area (Å²) in [6, 6.07) is 14.6. The molecule has 8 nitrogen and oxygen atoms in total. The molecule has 0 atom stereocenters. The van der Waals surface area contributed by atoms with Gasteiger partial charge in [0.15, 0.2) is 0 Å². The molecule has 1 fully saturated rings. The van der Waals surface area contributed by atoms with Crippen molar-refractivity contribution < 1.29 is 22.9 Å². The highest BCUT2D eigenvalue weighted by atomic mass is 19.4. The van der Waals surface area contributed by atoms with E-state index < -0.39 is 23.2 Å². The number of nitro groups is 1. The molecule has 0 bridgehead atoms. The number of nitrogens with one attached hydrogen (secondary N) is 1. The Labute approximate surface area is 199 Å². The van der Waals surface area contributed by atoms with Crippen molar-refractivity contribution in [3.63, 3.8) is 0 Å². The summed E-state index contributed by atoms with van der Waals surface area (Å²) in [5.41, 5.74) is -0.409. The SMILES string of the molecule is O=C(Nc1ccc(N2CCN(Cc3ccccc3[N+](=O)[O-])CC2)nc1)c1ccccc1C(F)(F)F. The maximum Gasteiger partial charge on any atom is 0.417 e. The second-order valence-electron chi connectivity index (χ2n) is 8.05. The zero-order chi connectivity index (χ0) is 25.0. The lowest BCUT2D eigenvalue weighted by Gasteiger charge is -2.35. The van der Waals surface area contributed by atoms with Gasteiger partial charge in [0.1, 0.15) is 5.82 Å². The number of halogens is 3. The molecule has 3 aromatic rings. The Balaban J connectivity index is 1.35. The van der Waals surface area contributed by atoms with Gasteiger partial charge in [-0.05, 0) is 24.3 Å². The van der Waals surface area contributed by atoms with Crippen molar-refractivity contribution in [3.8, 4) is 0 Å². The standard InChI is InChI=1S/C24H22F3N5O3/c25-24(26,27)20-7-3-2-6-19(20)23(33)29-18-9-10-22(28-15-18)31-13-11-30(12-14-31)16-17-5-1-4-8-21(17)32(34)35/h1-10,15H,11-14,16H2,(H,29,33). The first-order chi connectivity index (χ1) is 16.7. The topological polar surface area (TPSA) is 91.6 Å². The largest absolute Gasteiger partial charge is 0.417 e. The lowest BCUT2D eigenvalue weighted by atomic mass is 10.1. The maximum absolute atomic E-state index is 13.2. The van der Waals surface area contributed by atoms with E-state index in [9.17, 15) is 28.1 Å². The van der Waals surface area contributed by atoms with Crippen molar-refractivity contribution >= 4 is 23.1 Å². The Morgan fingerprint density at radius 2 is 1.69 bits per heavy atom. The van der Waals surface area contributed by atoms with E-state index in [1.807, 2.05) is 4.90 Å². The van der Waals surface area contributed by atoms with Gasteiger partial charge in [-0.3, -0.25) is 19.8 Å². The van der Waals surface area contributed by atoms with Crippen molar-refractivity contribution in [1.82, 2.24) is 9.88 Å². The minimum Gasteiger partial charge on any atom is -0.354 e. The highest BCUT2D eigenvalue weighted by Gasteiger charge is 2.34. The third-order valence-corrected chi connectivity index (χ3v) is 5.76. The third-order valence-electron chi connectivity index (χ3n) is 5.76. The number of benzene rings is 2. The summed E-state index contributed by atoms with van der Waals surface area (Å²) in [5, 5.41) is 13.7. The van der Waals surface area contributed by atoms with Crippen LogP contribution in [0.5, 0.6) is 0 Å². The predicted molar refractivity (Wildman–Crippen MR) is 124 cm³/mol. The number of hydrogen-bond acceptors (Lipinski definition) is 6. The fraction of sp³-hybridized carbons (Fsp3) is 0.250. The van der Waals surface area contributed by atoms with Crippen LogP contribution in [0.15, 0.2) is 66.9 Å². The van der Waals surface area contributed by atoms with Gasteiger partial charge in [-0.2, -0.15) is 13.2 Å². The Bertz CT molecular complexity index is 1210. The molecule has 1 N–H and O–H groups in total. The third kappa shape index (κ3) is 5.75. The number of aromatic nitrogens is 1. The molecule has 1 aliphatic rings. The highest BCUT2D eigenvalue weighted by molar-refractivity contribution is 6.05. The van der Waals surface area contributed by atoms with E-state index in [-0.39, 0.29) is 16.3 Å². The number of amides is 1. The number of para-hydroxylation sites is 1. The number of alkyl halides is 3. The van der Waals surface area contributed by atoms with Crippen molar-refractivity contribution in [2.45, 2.75) is 12.7 Å². The zero-order valence-electron chi connectivity index (χ0n) is 18.5. The molecular formula is C24H22F3N5O3. The average molecular weight is 485 g/mol. The number of nitrogens with zero attached hydrogens (tertiary/aromatic N) is 4. The van der Waals surface area contributed by atoms with Gasteiger partial charge in [-0.15, -0.1) is 0 Å². The average Bonchev–Trinajstić information content (AvgIpc) is 2.85. The van der Waals surface area contributed by atoms with Gasteiger partial charge in [0, 0.05) is 44.4 Å². The van der Waals surface area contributed by atoms with E-state index in [2.05, 4.69) is 15.2 Å². The van der Waals surface area contributed by atoms with E-state index >= 15 is 0 Å². The summed E-state index contributed by atoms with van der Waals surface area (Å²) in [4.78, 5) is 31.8. The minimum absolute atomic E-state index is 0.104. The van der Waals surface area contributed by atoms with Crippen LogP contribution in [0.25, 0.3) is 0 Å². The molecule has 35 heavy (non-hydrogen) atoms. The second-order valence-corrected chi connectivity index (χ2v) is 8.05. The number of anilines is 2. The molecule has 182 valence electrons. The maximum atomic E-state index is 13.2. The lowest BCUT2D eigenvalue weighted by Crippen LogP contribution is -2.46. The van der Waals surface area contributed by atoms with Gasteiger partial charge < -0.3 is 10.2 Å². The summed E-state index contributed by atoms with van der Waals surface area (Å²) < 4.78 is 39.5. The van der Waals surface area contributed by atoms with Gasteiger partial charge in [0.2, 0.25) is 0 Å². The van der Waals surface area contributed by atoms with Crippen molar-refractivity contribution in [2.24, 2.45) is 0 Å². The van der Waals surface area contributed by atoms with Crippen LogP contribution in [0.4, 0.5) is 30.4 Å². The predicted octanol–water partition coefficient (Wildman–Crippen LogP) is 4.58. The molecule has 1 aliphatic heterocycles. The summed E-state index contributed by atoms with van der Waals surface area (Å²) in [5.74, 6) is -0.194. The summed E-state index contributed by atoms with van der Waals surface area (Å²) in [6.07, 6.45) is -3.23. The van der Waals surface area contributed by atoms with Crippen LogP contribution in [-0.4, -0.2) is 46.9 Å². The number of carbonyl (C=O) groups is 1.